The summed E-state index contributed by atoms with van der Waals surface area (Å²) in [5.41, 5.74) is -0.583. The lowest BCUT2D eigenvalue weighted by Crippen LogP contribution is -2.19. The quantitative estimate of drug-likeness (QED) is 0.451. The summed E-state index contributed by atoms with van der Waals surface area (Å²) in [4.78, 5) is 0. The number of methoxy groups -OCH3 is 1. The summed E-state index contributed by atoms with van der Waals surface area (Å²) >= 11 is 0. The Labute approximate surface area is 49.9 Å². The van der Waals surface area contributed by atoms with E-state index in [4.69, 9.17) is 5.11 Å². The lowest BCUT2D eigenvalue weighted by Gasteiger charge is -2.07. The van der Waals surface area contributed by atoms with Crippen LogP contribution < -0.4 is 0 Å². The number of hydrogen-bond donors (Lipinski definition) is 1. The van der Waals surface area contributed by atoms with E-state index in [0.29, 0.717) is 0 Å². The number of ether oxygens (including phenoxy) is 1. The van der Waals surface area contributed by atoms with Crippen molar-refractivity contribution < 1.29 is 14.4 Å². The third-order valence-electron chi connectivity index (χ3n) is 0.706. The summed E-state index contributed by atoms with van der Waals surface area (Å²) in [5, 5.41) is 8.63. The van der Waals surface area contributed by atoms with E-state index in [9.17, 15) is 4.57 Å². The molecule has 4 heteroatoms. The average Bonchev–Trinajstić information content (AvgIpc) is 1.84. The molecule has 8 heavy (non-hydrogen) atoms. The minimum atomic E-state index is -1.02. The molecule has 2 unspecified atom stereocenters. The predicted octanol–water partition coefficient (Wildman–Crippen LogP) is 0.446. The zero-order valence-corrected chi connectivity index (χ0v) is 5.47. The molecular formula is C4H8O3P. The van der Waals surface area contributed by atoms with Crippen LogP contribution in [0.1, 0.15) is 0 Å². The van der Waals surface area contributed by atoms with Crippen LogP contribution in [-0.4, -0.2) is 24.2 Å². The van der Waals surface area contributed by atoms with Crippen LogP contribution in [-0.2, 0) is 9.30 Å². The molecular weight excluding hydrogens is 127 g/mol. The van der Waals surface area contributed by atoms with E-state index < -0.39 is 11.9 Å². The standard InChI is InChI=1S/C4H8O3P/c1-3(8-6)4(5)7-2/h3-5H,1H2,2H3. The highest BCUT2D eigenvalue weighted by Gasteiger charge is 2.11. The first-order valence-corrected chi connectivity index (χ1v) is 2.97. The Balaban J connectivity index is 3.44. The smallest absolute Gasteiger partial charge is 0.167 e. The summed E-state index contributed by atoms with van der Waals surface area (Å²) in [5.74, 6) is 0. The molecule has 0 rings (SSSR count). The first-order valence-electron chi connectivity index (χ1n) is 2.08. The van der Waals surface area contributed by atoms with Gasteiger partial charge >= 0.3 is 0 Å². The minimum Gasteiger partial charge on any atom is -0.367 e. The van der Waals surface area contributed by atoms with Crippen LogP contribution in [0.5, 0.6) is 0 Å². The van der Waals surface area contributed by atoms with Crippen molar-refractivity contribution in [2.24, 2.45) is 0 Å². The highest BCUT2D eigenvalue weighted by Crippen LogP contribution is 2.09. The molecule has 2 atom stereocenters. The topological polar surface area (TPSA) is 46.5 Å². The second kappa shape index (κ2) is 3.96. The number of aliphatic hydroxyl groups is 1. The first-order chi connectivity index (χ1) is 3.72. The van der Waals surface area contributed by atoms with E-state index >= 15 is 0 Å². The largest absolute Gasteiger partial charge is 0.367 e. The van der Waals surface area contributed by atoms with Crippen molar-refractivity contribution in [3.05, 3.63) is 6.92 Å². The monoisotopic (exact) mass is 135 g/mol. The molecule has 0 saturated heterocycles. The molecule has 0 fully saturated rings. The van der Waals surface area contributed by atoms with E-state index in [-0.39, 0.29) is 8.46 Å². The number of aliphatic hydroxyl groups excluding tert-OH is 1. The van der Waals surface area contributed by atoms with Crippen molar-refractivity contribution in [3.63, 3.8) is 0 Å². The lowest BCUT2D eigenvalue weighted by molar-refractivity contribution is -0.0675. The third kappa shape index (κ3) is 2.36. The van der Waals surface area contributed by atoms with E-state index in [0.717, 1.165) is 0 Å². The molecule has 0 heterocycles. The third-order valence-corrected chi connectivity index (χ3v) is 1.23. The Hall–Kier alpha value is 0.0200. The van der Waals surface area contributed by atoms with Gasteiger partial charge in [0, 0.05) is 7.11 Å². The fourth-order valence-electron chi connectivity index (χ4n) is 0.209. The molecule has 1 radical (unpaired) electrons. The Bertz CT molecular complexity index is 75.7. The highest BCUT2D eigenvalue weighted by atomic mass is 31.1. The Morgan fingerprint density at radius 3 is 2.50 bits per heavy atom. The van der Waals surface area contributed by atoms with Crippen LogP contribution in [0, 0.1) is 6.92 Å². The zero-order valence-electron chi connectivity index (χ0n) is 4.57. The van der Waals surface area contributed by atoms with Gasteiger partial charge in [-0.3, -0.25) is 4.57 Å². The van der Waals surface area contributed by atoms with Crippen LogP contribution in [0.2, 0.25) is 0 Å². The molecule has 3 nitrogen and oxygen atoms in total. The predicted molar refractivity (Wildman–Crippen MR) is 29.8 cm³/mol. The maximum absolute atomic E-state index is 9.90. The van der Waals surface area contributed by atoms with Crippen LogP contribution in [0.3, 0.4) is 0 Å². The van der Waals surface area contributed by atoms with Crippen molar-refractivity contribution in [3.8, 4) is 0 Å². The summed E-state index contributed by atoms with van der Waals surface area (Å²) in [7, 11) is 1.13. The van der Waals surface area contributed by atoms with Gasteiger partial charge < -0.3 is 9.84 Å². The van der Waals surface area contributed by atoms with E-state index in [1.54, 1.807) is 0 Å². The highest BCUT2D eigenvalue weighted by molar-refractivity contribution is 7.25. The maximum Gasteiger partial charge on any atom is 0.167 e. The van der Waals surface area contributed by atoms with Crippen LogP contribution in [0.4, 0.5) is 0 Å². The van der Waals surface area contributed by atoms with Crippen molar-refractivity contribution >= 4 is 8.46 Å². The van der Waals surface area contributed by atoms with Crippen LogP contribution in [0.25, 0.3) is 0 Å². The first kappa shape index (κ1) is 8.02. The van der Waals surface area contributed by atoms with Crippen LogP contribution >= 0.6 is 8.46 Å². The fourth-order valence-corrected chi connectivity index (χ4v) is 0.435. The fraction of sp³-hybridized carbons (Fsp3) is 0.750. The van der Waals surface area contributed by atoms with Gasteiger partial charge in [-0.25, -0.2) is 0 Å². The van der Waals surface area contributed by atoms with Gasteiger partial charge in [-0.15, -0.1) is 0 Å². The van der Waals surface area contributed by atoms with Crippen LogP contribution in [0.15, 0.2) is 0 Å². The van der Waals surface area contributed by atoms with Gasteiger partial charge in [0.25, 0.3) is 0 Å². The van der Waals surface area contributed by atoms with E-state index in [2.05, 4.69) is 11.7 Å². The molecule has 0 aromatic heterocycles. The molecule has 0 aliphatic carbocycles. The molecule has 0 bridgehead atoms. The van der Waals surface area contributed by atoms with Crippen molar-refractivity contribution in [2.45, 2.75) is 11.9 Å². The van der Waals surface area contributed by atoms with Gasteiger partial charge in [0.1, 0.15) is 0 Å². The van der Waals surface area contributed by atoms with Gasteiger partial charge in [-0.05, 0) is 6.92 Å². The van der Waals surface area contributed by atoms with Crippen molar-refractivity contribution in [1.82, 2.24) is 0 Å². The van der Waals surface area contributed by atoms with Crippen molar-refractivity contribution in [2.75, 3.05) is 7.11 Å². The number of hydrogen-bond acceptors (Lipinski definition) is 3. The Kier molecular flexibility index (Phi) is 3.97. The average molecular weight is 135 g/mol. The molecule has 47 valence electrons. The zero-order chi connectivity index (χ0) is 6.57. The maximum atomic E-state index is 9.90. The molecule has 0 aromatic carbocycles. The summed E-state index contributed by atoms with van der Waals surface area (Å²) in [6.45, 7) is 3.33. The minimum absolute atomic E-state index is 0.198. The Morgan fingerprint density at radius 1 is 1.88 bits per heavy atom. The van der Waals surface area contributed by atoms with Gasteiger partial charge in [0.2, 0.25) is 0 Å². The van der Waals surface area contributed by atoms with E-state index in [1.807, 2.05) is 0 Å². The summed E-state index contributed by atoms with van der Waals surface area (Å²) in [6, 6.07) is 0. The second-order valence-corrected chi connectivity index (χ2v) is 2.17. The molecule has 1 N–H and O–H groups in total. The van der Waals surface area contributed by atoms with Gasteiger partial charge in [0.15, 0.2) is 14.8 Å². The second-order valence-electron chi connectivity index (χ2n) is 1.30. The molecule has 0 amide bonds. The van der Waals surface area contributed by atoms with Gasteiger partial charge in [-0.2, -0.15) is 0 Å². The Morgan fingerprint density at radius 2 is 2.38 bits per heavy atom. The molecule has 0 saturated carbocycles. The number of rotatable bonds is 3. The summed E-state index contributed by atoms with van der Waals surface area (Å²) in [6.07, 6.45) is -1.02. The van der Waals surface area contributed by atoms with Gasteiger partial charge in [0.05, 0.1) is 5.66 Å². The SMILES string of the molecule is [CH2]C(P=O)C(O)OC. The molecule has 0 spiro atoms. The van der Waals surface area contributed by atoms with Crippen molar-refractivity contribution in [1.29, 1.82) is 0 Å². The normalized spacial score (nSPS) is 18.4. The molecule has 0 aliphatic rings. The molecule has 0 aromatic rings. The lowest BCUT2D eigenvalue weighted by atomic mass is 10.5. The summed E-state index contributed by atoms with van der Waals surface area (Å²) < 4.78 is 14.3. The van der Waals surface area contributed by atoms with E-state index in [1.165, 1.54) is 7.11 Å². The molecule has 0 aliphatic heterocycles. The van der Waals surface area contributed by atoms with Gasteiger partial charge in [-0.1, -0.05) is 0 Å².